The molecule has 0 aliphatic carbocycles. The molecule has 180 valence electrons. The number of morpholine rings is 1. The summed E-state index contributed by atoms with van der Waals surface area (Å²) >= 11 is 1.36. The lowest BCUT2D eigenvalue weighted by molar-refractivity contribution is -0.113. The zero-order valence-corrected chi connectivity index (χ0v) is 21.5. The van der Waals surface area contributed by atoms with E-state index in [0.717, 1.165) is 32.8 Å². The van der Waals surface area contributed by atoms with Gasteiger partial charge >= 0.3 is 0 Å². The van der Waals surface area contributed by atoms with Crippen LogP contribution in [0, 0.1) is 27.7 Å². The number of sulfonamides is 1. The number of nitrogens with zero attached hydrogens (tertiary/aromatic N) is 2. The van der Waals surface area contributed by atoms with E-state index in [1.54, 1.807) is 18.2 Å². The number of rotatable bonds is 6. The molecule has 0 atom stereocenters. The molecular weight excluding hydrogens is 470 g/mol. The molecular formula is C25H29N3O4S2. The molecule has 7 nitrogen and oxygen atoms in total. The fraction of sp³-hybridized carbons (Fsp3) is 0.360. The standard InChI is InChI=1S/C25H29N3O4S2/c1-16-11-18(3)25(19(4)12-16)27-23(29)15-33-24-13-17(2)21-14-20(5-6-22(21)26-24)34(30,31)28-7-9-32-10-8-28/h5-6,11-14H,7-10,15H2,1-4H3,(H,27,29). The highest BCUT2D eigenvalue weighted by Crippen LogP contribution is 2.28. The Labute approximate surface area is 205 Å². The van der Waals surface area contributed by atoms with Gasteiger partial charge in [0.25, 0.3) is 0 Å². The van der Waals surface area contributed by atoms with Crippen molar-refractivity contribution in [2.24, 2.45) is 0 Å². The average molecular weight is 500 g/mol. The maximum Gasteiger partial charge on any atom is 0.243 e. The molecule has 1 aromatic heterocycles. The number of thioether (sulfide) groups is 1. The normalized spacial score (nSPS) is 14.9. The van der Waals surface area contributed by atoms with Gasteiger partial charge in [0, 0.05) is 24.2 Å². The zero-order chi connectivity index (χ0) is 24.5. The highest BCUT2D eigenvalue weighted by Gasteiger charge is 2.26. The minimum Gasteiger partial charge on any atom is -0.379 e. The first-order valence-corrected chi connectivity index (χ1v) is 13.6. The molecule has 3 aromatic rings. The van der Waals surface area contributed by atoms with E-state index >= 15 is 0 Å². The third-order valence-electron chi connectivity index (χ3n) is 5.86. The van der Waals surface area contributed by atoms with Crippen molar-refractivity contribution in [1.29, 1.82) is 0 Å². The first-order chi connectivity index (χ1) is 16.1. The van der Waals surface area contributed by atoms with Crippen molar-refractivity contribution < 1.29 is 17.9 Å². The monoisotopic (exact) mass is 499 g/mol. The minimum atomic E-state index is -3.57. The number of hydrogen-bond donors (Lipinski definition) is 1. The van der Waals surface area contributed by atoms with Crippen LogP contribution >= 0.6 is 11.8 Å². The molecule has 2 aromatic carbocycles. The van der Waals surface area contributed by atoms with Crippen molar-refractivity contribution in [3.63, 3.8) is 0 Å². The number of nitrogens with one attached hydrogen (secondary N) is 1. The smallest absolute Gasteiger partial charge is 0.243 e. The summed E-state index contributed by atoms with van der Waals surface area (Å²) in [6, 6.07) is 11.0. The molecule has 0 unspecified atom stereocenters. The zero-order valence-electron chi connectivity index (χ0n) is 19.8. The van der Waals surface area contributed by atoms with Gasteiger partial charge in [0.2, 0.25) is 15.9 Å². The molecule has 1 N–H and O–H groups in total. The predicted octanol–water partition coefficient (Wildman–Crippen LogP) is 4.22. The van der Waals surface area contributed by atoms with Crippen LogP contribution in [-0.2, 0) is 19.6 Å². The Hall–Kier alpha value is -2.46. The van der Waals surface area contributed by atoms with Crippen LogP contribution in [0.3, 0.4) is 0 Å². The summed E-state index contributed by atoms with van der Waals surface area (Å²) in [5.74, 6) is 0.139. The summed E-state index contributed by atoms with van der Waals surface area (Å²) in [5, 5.41) is 4.52. The number of aromatic nitrogens is 1. The highest BCUT2D eigenvalue weighted by atomic mass is 32.2. The quantitative estimate of drug-likeness (QED) is 0.511. The van der Waals surface area contributed by atoms with Crippen LogP contribution in [0.1, 0.15) is 22.3 Å². The van der Waals surface area contributed by atoms with E-state index in [4.69, 9.17) is 4.74 Å². The molecule has 1 aliphatic rings. The van der Waals surface area contributed by atoms with Gasteiger partial charge in [0.05, 0.1) is 34.4 Å². The van der Waals surface area contributed by atoms with Gasteiger partial charge in [0.15, 0.2) is 0 Å². The molecule has 0 bridgehead atoms. The first kappa shape index (κ1) is 24.7. The molecule has 34 heavy (non-hydrogen) atoms. The Morgan fingerprint density at radius 2 is 1.71 bits per heavy atom. The van der Waals surface area contributed by atoms with Crippen LogP contribution in [0.4, 0.5) is 5.69 Å². The molecule has 1 saturated heterocycles. The summed E-state index contributed by atoms with van der Waals surface area (Å²) in [6.07, 6.45) is 0. The topological polar surface area (TPSA) is 88.6 Å². The molecule has 1 amide bonds. The van der Waals surface area contributed by atoms with E-state index in [2.05, 4.69) is 22.4 Å². The molecule has 1 fully saturated rings. The number of benzene rings is 2. The van der Waals surface area contributed by atoms with E-state index in [1.165, 1.54) is 21.6 Å². The molecule has 0 radical (unpaired) electrons. The van der Waals surface area contributed by atoms with Crippen molar-refractivity contribution >= 4 is 44.3 Å². The summed E-state index contributed by atoms with van der Waals surface area (Å²) in [7, 11) is -3.57. The second-order valence-electron chi connectivity index (χ2n) is 8.58. The van der Waals surface area contributed by atoms with Crippen LogP contribution in [-0.4, -0.2) is 55.7 Å². The van der Waals surface area contributed by atoms with Gasteiger partial charge in [-0.1, -0.05) is 29.5 Å². The van der Waals surface area contributed by atoms with Gasteiger partial charge < -0.3 is 10.1 Å². The van der Waals surface area contributed by atoms with E-state index in [-0.39, 0.29) is 16.6 Å². The lowest BCUT2D eigenvalue weighted by Gasteiger charge is -2.26. The molecule has 0 saturated carbocycles. The number of amides is 1. The predicted molar refractivity (Wildman–Crippen MR) is 136 cm³/mol. The van der Waals surface area contributed by atoms with Gasteiger partial charge in [-0.25, -0.2) is 13.4 Å². The van der Waals surface area contributed by atoms with Crippen LogP contribution in [0.2, 0.25) is 0 Å². The van der Waals surface area contributed by atoms with Crippen LogP contribution in [0.15, 0.2) is 46.3 Å². The molecule has 4 rings (SSSR count). The Morgan fingerprint density at radius 1 is 1.03 bits per heavy atom. The maximum absolute atomic E-state index is 13.0. The molecule has 9 heteroatoms. The third kappa shape index (κ3) is 5.27. The summed E-state index contributed by atoms with van der Waals surface area (Å²) < 4.78 is 32.7. The number of pyridine rings is 1. The Bertz CT molecular complexity index is 1330. The minimum absolute atomic E-state index is 0.0912. The van der Waals surface area contributed by atoms with Crippen LogP contribution in [0.25, 0.3) is 10.9 Å². The number of carbonyl (C=O) groups excluding carboxylic acids is 1. The van der Waals surface area contributed by atoms with E-state index in [0.29, 0.717) is 31.8 Å². The second kappa shape index (κ2) is 10.0. The summed E-state index contributed by atoms with van der Waals surface area (Å²) in [4.78, 5) is 17.5. The fourth-order valence-electron chi connectivity index (χ4n) is 4.21. The number of anilines is 1. The van der Waals surface area contributed by atoms with Gasteiger partial charge in [-0.15, -0.1) is 0 Å². The van der Waals surface area contributed by atoms with Crippen molar-refractivity contribution in [3.05, 3.63) is 58.7 Å². The van der Waals surface area contributed by atoms with Gasteiger partial charge in [-0.05, 0) is 68.7 Å². The van der Waals surface area contributed by atoms with Crippen molar-refractivity contribution in [2.45, 2.75) is 37.6 Å². The van der Waals surface area contributed by atoms with Gasteiger partial charge in [-0.3, -0.25) is 4.79 Å². The first-order valence-electron chi connectivity index (χ1n) is 11.1. The van der Waals surface area contributed by atoms with Crippen LogP contribution in [0.5, 0.6) is 0 Å². The number of aryl methyl sites for hydroxylation is 4. The largest absolute Gasteiger partial charge is 0.379 e. The van der Waals surface area contributed by atoms with E-state index in [9.17, 15) is 13.2 Å². The fourth-order valence-corrected chi connectivity index (χ4v) is 6.41. The molecule has 1 aliphatic heterocycles. The van der Waals surface area contributed by atoms with Gasteiger partial charge in [0.1, 0.15) is 0 Å². The lowest BCUT2D eigenvalue weighted by atomic mass is 10.1. The number of hydrogen-bond acceptors (Lipinski definition) is 6. The third-order valence-corrected chi connectivity index (χ3v) is 8.67. The van der Waals surface area contributed by atoms with Gasteiger partial charge in [-0.2, -0.15) is 4.31 Å². The SMILES string of the molecule is Cc1cc(C)c(NC(=O)CSc2cc(C)c3cc(S(=O)(=O)N4CCOCC4)ccc3n2)c(C)c1. The Balaban J connectivity index is 1.49. The number of carbonyl (C=O) groups is 1. The second-order valence-corrected chi connectivity index (χ2v) is 11.5. The van der Waals surface area contributed by atoms with Crippen molar-refractivity contribution in [3.8, 4) is 0 Å². The van der Waals surface area contributed by atoms with E-state index in [1.807, 2.05) is 33.8 Å². The number of fused-ring (bicyclic) bond motifs is 1. The van der Waals surface area contributed by atoms with Crippen molar-refractivity contribution in [2.75, 3.05) is 37.4 Å². The van der Waals surface area contributed by atoms with Crippen LogP contribution < -0.4 is 5.32 Å². The lowest BCUT2D eigenvalue weighted by Crippen LogP contribution is -2.40. The molecule has 0 spiro atoms. The maximum atomic E-state index is 13.0. The van der Waals surface area contributed by atoms with E-state index < -0.39 is 10.0 Å². The average Bonchev–Trinajstić information content (AvgIpc) is 2.80. The Morgan fingerprint density at radius 3 is 2.38 bits per heavy atom. The highest BCUT2D eigenvalue weighted by molar-refractivity contribution is 7.99. The summed E-state index contributed by atoms with van der Waals surface area (Å²) in [5.41, 5.74) is 5.72. The van der Waals surface area contributed by atoms with Crippen molar-refractivity contribution in [1.82, 2.24) is 9.29 Å². The molecule has 2 heterocycles. The number of ether oxygens (including phenoxy) is 1. The Kier molecular flexibility index (Phi) is 7.28. The summed E-state index contributed by atoms with van der Waals surface area (Å²) in [6.45, 7) is 9.48.